The van der Waals surface area contributed by atoms with Gasteiger partial charge in [0.2, 0.25) is 0 Å². The number of carbonyl (C=O) groups is 1. The molecule has 146 valence electrons. The molecule has 1 aliphatic rings. The van der Waals surface area contributed by atoms with Crippen LogP contribution in [0, 0.1) is 6.92 Å². The number of hydrogen-bond acceptors (Lipinski definition) is 5. The van der Waals surface area contributed by atoms with E-state index in [0.29, 0.717) is 16.2 Å². The summed E-state index contributed by atoms with van der Waals surface area (Å²) in [5.41, 5.74) is 5.53. The predicted octanol–water partition coefficient (Wildman–Crippen LogP) is 4.85. The first-order chi connectivity index (χ1) is 14.2. The van der Waals surface area contributed by atoms with Gasteiger partial charge in [0.15, 0.2) is 5.13 Å². The molecule has 0 atom stereocenters. The van der Waals surface area contributed by atoms with Crippen molar-refractivity contribution in [3.05, 3.63) is 59.1 Å². The number of nitrogens with one attached hydrogen (secondary N) is 2. The first-order valence-corrected chi connectivity index (χ1v) is 10.6. The fourth-order valence-electron chi connectivity index (χ4n) is 3.88. The minimum absolute atomic E-state index is 0.204. The van der Waals surface area contributed by atoms with Gasteiger partial charge in [-0.2, -0.15) is 0 Å². The maximum absolute atomic E-state index is 12.7. The van der Waals surface area contributed by atoms with Crippen LogP contribution in [0.4, 0.5) is 10.8 Å². The van der Waals surface area contributed by atoms with Crippen molar-refractivity contribution in [1.29, 1.82) is 0 Å². The summed E-state index contributed by atoms with van der Waals surface area (Å²) >= 11 is 1.39. The molecule has 1 saturated heterocycles. The molecule has 0 aliphatic carbocycles. The number of aromatic nitrogens is 3. The van der Waals surface area contributed by atoms with E-state index in [2.05, 4.69) is 45.3 Å². The molecule has 5 rings (SSSR count). The van der Waals surface area contributed by atoms with Crippen LogP contribution in [0.5, 0.6) is 0 Å². The molecular weight excluding hydrogens is 382 g/mol. The van der Waals surface area contributed by atoms with Crippen LogP contribution in [0.1, 0.15) is 28.8 Å². The molecule has 6 nitrogen and oxygen atoms in total. The lowest BCUT2D eigenvalue weighted by atomic mass is 10.1. The van der Waals surface area contributed by atoms with E-state index in [1.807, 2.05) is 17.5 Å². The molecule has 1 aliphatic heterocycles. The summed E-state index contributed by atoms with van der Waals surface area (Å²) in [5.74, 6) is 0.574. The second-order valence-corrected chi connectivity index (χ2v) is 8.17. The number of carbonyl (C=O) groups excluding carboxylic acids is 1. The summed E-state index contributed by atoms with van der Waals surface area (Å²) in [6, 6.07) is 12.1. The van der Waals surface area contributed by atoms with Gasteiger partial charge in [-0.3, -0.25) is 10.1 Å². The van der Waals surface area contributed by atoms with E-state index in [0.717, 1.165) is 30.0 Å². The third-order valence-corrected chi connectivity index (χ3v) is 6.03. The summed E-state index contributed by atoms with van der Waals surface area (Å²) in [5, 5.41) is 5.25. The Labute approximate surface area is 172 Å². The highest BCUT2D eigenvalue weighted by molar-refractivity contribution is 7.13. The summed E-state index contributed by atoms with van der Waals surface area (Å²) in [7, 11) is 0. The van der Waals surface area contributed by atoms with E-state index in [1.165, 1.54) is 35.4 Å². The van der Waals surface area contributed by atoms with Gasteiger partial charge in [0.1, 0.15) is 11.3 Å². The Hall–Kier alpha value is -3.19. The van der Waals surface area contributed by atoms with Gasteiger partial charge in [0.25, 0.3) is 5.91 Å². The molecule has 2 N–H and O–H groups in total. The van der Waals surface area contributed by atoms with Crippen molar-refractivity contribution in [1.82, 2.24) is 15.0 Å². The van der Waals surface area contributed by atoms with E-state index in [1.54, 1.807) is 12.3 Å². The number of para-hydroxylation sites is 1. The highest BCUT2D eigenvalue weighted by Gasteiger charge is 2.17. The number of hydrogen-bond donors (Lipinski definition) is 2. The first kappa shape index (κ1) is 17.9. The lowest BCUT2D eigenvalue weighted by Gasteiger charge is -2.18. The van der Waals surface area contributed by atoms with E-state index in [9.17, 15) is 4.79 Å². The quantitative estimate of drug-likeness (QED) is 0.511. The number of aromatic amines is 1. The lowest BCUT2D eigenvalue weighted by Crippen LogP contribution is -2.17. The number of imidazole rings is 1. The molecular formula is C22H21N5OS. The molecule has 3 heterocycles. The maximum Gasteiger partial charge on any atom is 0.259 e. The zero-order valence-corrected chi connectivity index (χ0v) is 16.9. The van der Waals surface area contributed by atoms with Crippen LogP contribution in [-0.2, 0) is 0 Å². The summed E-state index contributed by atoms with van der Waals surface area (Å²) in [6.45, 7) is 4.36. The van der Waals surface area contributed by atoms with E-state index in [-0.39, 0.29) is 5.91 Å². The molecule has 0 unspecified atom stereocenters. The van der Waals surface area contributed by atoms with Gasteiger partial charge in [0.05, 0.1) is 11.1 Å². The predicted molar refractivity (Wildman–Crippen MR) is 118 cm³/mol. The van der Waals surface area contributed by atoms with Crippen molar-refractivity contribution >= 4 is 39.1 Å². The molecule has 4 aromatic rings. The van der Waals surface area contributed by atoms with Crippen LogP contribution in [0.2, 0.25) is 0 Å². The van der Waals surface area contributed by atoms with Crippen molar-refractivity contribution in [2.24, 2.45) is 0 Å². The molecule has 0 saturated carbocycles. The number of nitrogens with zero attached hydrogens (tertiary/aromatic N) is 3. The van der Waals surface area contributed by atoms with E-state index < -0.39 is 0 Å². The molecule has 1 amide bonds. The van der Waals surface area contributed by atoms with Crippen LogP contribution < -0.4 is 10.2 Å². The van der Waals surface area contributed by atoms with E-state index >= 15 is 0 Å². The average Bonchev–Trinajstić information content (AvgIpc) is 3.48. The molecule has 7 heteroatoms. The Morgan fingerprint density at radius 2 is 2.07 bits per heavy atom. The van der Waals surface area contributed by atoms with Gasteiger partial charge in [-0.25, -0.2) is 9.97 Å². The summed E-state index contributed by atoms with van der Waals surface area (Å²) in [6.07, 6.45) is 4.19. The topological polar surface area (TPSA) is 73.9 Å². The SMILES string of the molecule is Cc1cc(N2CCCC2)ccc1-c1nc2c(C(=O)Nc3nccs3)cccc2[nH]1. The van der Waals surface area contributed by atoms with Crippen molar-refractivity contribution in [3.8, 4) is 11.4 Å². The minimum atomic E-state index is -0.204. The molecule has 29 heavy (non-hydrogen) atoms. The molecule has 0 spiro atoms. The van der Waals surface area contributed by atoms with Crippen LogP contribution in [0.15, 0.2) is 48.0 Å². The standard InChI is InChI=1S/C22H21N5OS/c1-14-13-15(27-10-2-3-11-27)7-8-16(14)20-24-18-6-4-5-17(19(18)25-20)21(28)26-22-23-9-12-29-22/h4-9,12-13H,2-3,10-11H2,1H3,(H,24,25)(H,23,26,28). The molecule has 0 bridgehead atoms. The second kappa shape index (κ2) is 7.33. The Morgan fingerprint density at radius 3 is 2.83 bits per heavy atom. The number of amides is 1. The Morgan fingerprint density at radius 1 is 1.21 bits per heavy atom. The average molecular weight is 404 g/mol. The van der Waals surface area contributed by atoms with Crippen LogP contribution in [0.3, 0.4) is 0 Å². The monoisotopic (exact) mass is 403 g/mol. The van der Waals surface area contributed by atoms with Gasteiger partial charge in [-0.15, -0.1) is 11.3 Å². The Balaban J connectivity index is 1.49. The van der Waals surface area contributed by atoms with Gasteiger partial charge < -0.3 is 9.88 Å². The lowest BCUT2D eigenvalue weighted by molar-refractivity contribution is 0.102. The molecule has 2 aromatic carbocycles. The van der Waals surface area contributed by atoms with Crippen LogP contribution in [0.25, 0.3) is 22.4 Å². The molecule has 0 radical (unpaired) electrons. The van der Waals surface area contributed by atoms with Gasteiger partial charge >= 0.3 is 0 Å². The summed E-state index contributed by atoms with van der Waals surface area (Å²) in [4.78, 5) is 27.4. The number of aryl methyl sites for hydroxylation is 1. The van der Waals surface area contributed by atoms with Crippen LogP contribution >= 0.6 is 11.3 Å². The third-order valence-electron chi connectivity index (χ3n) is 5.35. The largest absolute Gasteiger partial charge is 0.372 e. The number of rotatable bonds is 4. The highest BCUT2D eigenvalue weighted by atomic mass is 32.1. The second-order valence-electron chi connectivity index (χ2n) is 7.27. The normalized spacial score (nSPS) is 13.9. The first-order valence-electron chi connectivity index (χ1n) is 9.74. The highest BCUT2D eigenvalue weighted by Crippen LogP contribution is 2.30. The zero-order chi connectivity index (χ0) is 19.8. The van der Waals surface area contributed by atoms with Crippen molar-refractivity contribution in [2.45, 2.75) is 19.8 Å². The Kier molecular flexibility index (Phi) is 4.52. The number of H-pyrrole nitrogens is 1. The fraction of sp³-hybridized carbons (Fsp3) is 0.227. The van der Waals surface area contributed by atoms with Gasteiger partial charge in [-0.1, -0.05) is 6.07 Å². The number of anilines is 2. The third kappa shape index (κ3) is 3.38. The molecule has 2 aromatic heterocycles. The maximum atomic E-state index is 12.7. The zero-order valence-electron chi connectivity index (χ0n) is 16.1. The van der Waals surface area contributed by atoms with E-state index in [4.69, 9.17) is 4.98 Å². The van der Waals surface area contributed by atoms with Crippen LogP contribution in [-0.4, -0.2) is 33.9 Å². The minimum Gasteiger partial charge on any atom is -0.372 e. The molecule has 1 fully saturated rings. The van der Waals surface area contributed by atoms with Crippen molar-refractivity contribution in [3.63, 3.8) is 0 Å². The number of thiazole rings is 1. The number of benzene rings is 2. The number of fused-ring (bicyclic) bond motifs is 1. The van der Waals surface area contributed by atoms with Gasteiger partial charge in [-0.05, 0) is 55.7 Å². The van der Waals surface area contributed by atoms with Crippen molar-refractivity contribution < 1.29 is 4.79 Å². The smallest absolute Gasteiger partial charge is 0.259 e. The van der Waals surface area contributed by atoms with Crippen molar-refractivity contribution in [2.75, 3.05) is 23.3 Å². The summed E-state index contributed by atoms with van der Waals surface area (Å²) < 4.78 is 0. The Bertz CT molecular complexity index is 1180. The fourth-order valence-corrected chi connectivity index (χ4v) is 4.40. The van der Waals surface area contributed by atoms with Gasteiger partial charge in [0, 0.05) is 35.9 Å².